The summed E-state index contributed by atoms with van der Waals surface area (Å²) in [5.41, 5.74) is 4.50. The van der Waals surface area contributed by atoms with Crippen LogP contribution >= 0.6 is 0 Å². The first-order chi connectivity index (χ1) is 15.1. The average Bonchev–Trinajstić information content (AvgIpc) is 2.82. The predicted molar refractivity (Wildman–Crippen MR) is 123 cm³/mol. The summed E-state index contributed by atoms with van der Waals surface area (Å²) in [4.78, 5) is 13.1. The number of benzene rings is 3. The van der Waals surface area contributed by atoms with E-state index >= 15 is 0 Å². The molecule has 1 N–H and O–H groups in total. The second kappa shape index (κ2) is 10.5. The monoisotopic (exact) mass is 419 g/mol. The van der Waals surface area contributed by atoms with Crippen molar-refractivity contribution in [3.63, 3.8) is 0 Å². The van der Waals surface area contributed by atoms with Crippen LogP contribution in [0.2, 0.25) is 0 Å². The number of aryl methyl sites for hydroxylation is 2. The van der Waals surface area contributed by atoms with Crippen LogP contribution in [0.15, 0.2) is 60.7 Å². The summed E-state index contributed by atoms with van der Waals surface area (Å²) in [6.45, 7) is 4.45. The van der Waals surface area contributed by atoms with Crippen LogP contribution in [-0.4, -0.2) is 20.1 Å². The second-order valence-electron chi connectivity index (χ2n) is 7.11. The molecule has 0 heterocycles. The van der Waals surface area contributed by atoms with Crippen molar-refractivity contribution in [1.82, 2.24) is 0 Å². The molecule has 0 unspecified atom stereocenters. The number of hydrogen-bond acceptors (Lipinski definition) is 4. The van der Waals surface area contributed by atoms with Crippen molar-refractivity contribution in [2.45, 2.75) is 33.3 Å². The van der Waals surface area contributed by atoms with Crippen LogP contribution in [0.25, 0.3) is 0 Å². The Morgan fingerprint density at radius 3 is 2.13 bits per heavy atom. The molecule has 31 heavy (non-hydrogen) atoms. The van der Waals surface area contributed by atoms with Gasteiger partial charge in [0.05, 0.1) is 14.2 Å². The number of rotatable bonds is 9. The third-order valence-electron chi connectivity index (χ3n) is 5.22. The van der Waals surface area contributed by atoms with Gasteiger partial charge in [-0.05, 0) is 54.3 Å². The molecular weight excluding hydrogens is 390 g/mol. The summed E-state index contributed by atoms with van der Waals surface area (Å²) >= 11 is 0. The Morgan fingerprint density at radius 1 is 0.806 bits per heavy atom. The summed E-state index contributed by atoms with van der Waals surface area (Å²) < 4.78 is 16.6. The lowest BCUT2D eigenvalue weighted by molar-refractivity contribution is 0.102. The number of nitrogens with one attached hydrogen (secondary N) is 1. The molecule has 0 radical (unpaired) electrons. The van der Waals surface area contributed by atoms with Crippen molar-refractivity contribution >= 4 is 11.6 Å². The van der Waals surface area contributed by atoms with E-state index in [-0.39, 0.29) is 12.5 Å². The van der Waals surface area contributed by atoms with Crippen LogP contribution in [0.3, 0.4) is 0 Å². The SMILES string of the molecule is CCc1cccc(CC)c1NC(=O)c1ccc(OC)c(COc2cccc(OC)c2)c1. The van der Waals surface area contributed by atoms with Gasteiger partial charge in [-0.2, -0.15) is 0 Å². The summed E-state index contributed by atoms with van der Waals surface area (Å²) in [6, 6.07) is 18.9. The Labute approximate surface area is 184 Å². The van der Waals surface area contributed by atoms with Crippen LogP contribution in [-0.2, 0) is 19.4 Å². The summed E-state index contributed by atoms with van der Waals surface area (Å²) in [5.74, 6) is 1.92. The van der Waals surface area contributed by atoms with E-state index < -0.39 is 0 Å². The molecule has 0 fully saturated rings. The minimum atomic E-state index is -0.152. The van der Waals surface area contributed by atoms with Crippen molar-refractivity contribution in [3.05, 3.63) is 82.9 Å². The van der Waals surface area contributed by atoms with Crippen molar-refractivity contribution in [2.75, 3.05) is 19.5 Å². The first-order valence-electron chi connectivity index (χ1n) is 10.4. The number of anilines is 1. The fraction of sp³-hybridized carbons (Fsp3) is 0.269. The van der Waals surface area contributed by atoms with E-state index in [9.17, 15) is 4.79 Å². The van der Waals surface area contributed by atoms with E-state index in [1.165, 1.54) is 0 Å². The molecule has 0 aliphatic heterocycles. The molecule has 0 bridgehead atoms. The van der Waals surface area contributed by atoms with Gasteiger partial charge in [-0.3, -0.25) is 4.79 Å². The van der Waals surface area contributed by atoms with Crippen LogP contribution < -0.4 is 19.5 Å². The first-order valence-corrected chi connectivity index (χ1v) is 10.4. The van der Waals surface area contributed by atoms with Gasteiger partial charge in [0.15, 0.2) is 0 Å². The third-order valence-corrected chi connectivity index (χ3v) is 5.22. The molecule has 1 amide bonds. The number of ether oxygens (including phenoxy) is 3. The summed E-state index contributed by atoms with van der Waals surface area (Å²) in [7, 11) is 3.22. The lowest BCUT2D eigenvalue weighted by Gasteiger charge is -2.16. The lowest BCUT2D eigenvalue weighted by Crippen LogP contribution is -2.15. The minimum absolute atomic E-state index is 0.152. The normalized spacial score (nSPS) is 10.5. The quantitative estimate of drug-likeness (QED) is 0.486. The molecule has 0 aliphatic rings. The van der Waals surface area contributed by atoms with Gasteiger partial charge in [0.2, 0.25) is 0 Å². The zero-order chi connectivity index (χ0) is 22.2. The van der Waals surface area contributed by atoms with E-state index in [4.69, 9.17) is 14.2 Å². The number of amides is 1. The largest absolute Gasteiger partial charge is 0.497 e. The smallest absolute Gasteiger partial charge is 0.255 e. The minimum Gasteiger partial charge on any atom is -0.497 e. The standard InChI is InChI=1S/C26H29NO4/c1-5-18-9-7-10-19(6-2)25(18)27-26(28)20-13-14-24(30-4)21(15-20)17-31-23-12-8-11-22(16-23)29-3/h7-16H,5-6,17H2,1-4H3,(H,27,28). The van der Waals surface area contributed by atoms with E-state index in [1.807, 2.05) is 36.4 Å². The highest BCUT2D eigenvalue weighted by atomic mass is 16.5. The highest BCUT2D eigenvalue weighted by Gasteiger charge is 2.14. The number of methoxy groups -OCH3 is 2. The van der Waals surface area contributed by atoms with Crippen LogP contribution in [0.5, 0.6) is 17.2 Å². The molecule has 0 spiro atoms. The van der Waals surface area contributed by atoms with Gasteiger partial charge in [0.1, 0.15) is 23.9 Å². The molecule has 162 valence electrons. The predicted octanol–water partition coefficient (Wildman–Crippen LogP) is 5.66. The molecule has 0 aromatic heterocycles. The van der Waals surface area contributed by atoms with Gasteiger partial charge in [0.25, 0.3) is 5.91 Å². The van der Waals surface area contributed by atoms with Gasteiger partial charge in [-0.15, -0.1) is 0 Å². The fourth-order valence-corrected chi connectivity index (χ4v) is 3.47. The van der Waals surface area contributed by atoms with Gasteiger partial charge < -0.3 is 19.5 Å². The lowest BCUT2D eigenvalue weighted by atomic mass is 10.0. The number of carbonyl (C=O) groups is 1. The van der Waals surface area contributed by atoms with E-state index in [0.29, 0.717) is 17.1 Å². The molecule has 0 atom stereocenters. The maximum atomic E-state index is 13.1. The van der Waals surface area contributed by atoms with E-state index in [0.717, 1.165) is 41.0 Å². The van der Waals surface area contributed by atoms with Crippen molar-refractivity contribution in [3.8, 4) is 17.2 Å². The Bertz CT molecular complexity index is 1020. The topological polar surface area (TPSA) is 56.8 Å². The second-order valence-corrected chi connectivity index (χ2v) is 7.11. The highest BCUT2D eigenvalue weighted by molar-refractivity contribution is 6.05. The average molecular weight is 420 g/mol. The van der Waals surface area contributed by atoms with Crippen LogP contribution in [0.1, 0.15) is 40.9 Å². The van der Waals surface area contributed by atoms with Gasteiger partial charge in [-0.1, -0.05) is 38.1 Å². The molecule has 3 aromatic carbocycles. The zero-order valence-electron chi connectivity index (χ0n) is 18.5. The maximum Gasteiger partial charge on any atom is 0.255 e. The van der Waals surface area contributed by atoms with E-state index in [2.05, 4.69) is 31.3 Å². The van der Waals surface area contributed by atoms with E-state index in [1.54, 1.807) is 26.4 Å². The third kappa shape index (κ3) is 5.37. The molecule has 3 aromatic rings. The molecular formula is C26H29NO4. The maximum absolute atomic E-state index is 13.1. The van der Waals surface area contributed by atoms with Crippen LogP contribution in [0.4, 0.5) is 5.69 Å². The summed E-state index contributed by atoms with van der Waals surface area (Å²) in [6.07, 6.45) is 1.71. The van der Waals surface area contributed by atoms with Crippen molar-refractivity contribution in [2.24, 2.45) is 0 Å². The Kier molecular flexibility index (Phi) is 7.55. The molecule has 5 nitrogen and oxygen atoms in total. The zero-order valence-corrected chi connectivity index (χ0v) is 18.5. The molecule has 0 saturated heterocycles. The Hall–Kier alpha value is -3.47. The molecule has 3 rings (SSSR count). The highest BCUT2D eigenvalue weighted by Crippen LogP contribution is 2.26. The van der Waals surface area contributed by atoms with Crippen molar-refractivity contribution in [1.29, 1.82) is 0 Å². The van der Waals surface area contributed by atoms with Gasteiger partial charge in [0, 0.05) is 22.9 Å². The molecule has 0 aliphatic carbocycles. The van der Waals surface area contributed by atoms with Crippen molar-refractivity contribution < 1.29 is 19.0 Å². The Morgan fingerprint density at radius 2 is 1.48 bits per heavy atom. The molecule has 0 saturated carbocycles. The fourth-order valence-electron chi connectivity index (χ4n) is 3.47. The number of hydrogen-bond donors (Lipinski definition) is 1. The number of carbonyl (C=O) groups excluding carboxylic acids is 1. The Balaban J connectivity index is 1.82. The van der Waals surface area contributed by atoms with Gasteiger partial charge in [-0.25, -0.2) is 0 Å². The van der Waals surface area contributed by atoms with Crippen LogP contribution in [0, 0.1) is 0 Å². The first kappa shape index (κ1) is 22.2. The molecule has 5 heteroatoms. The summed E-state index contributed by atoms with van der Waals surface area (Å²) in [5, 5.41) is 3.11. The van der Waals surface area contributed by atoms with Gasteiger partial charge >= 0.3 is 0 Å². The number of para-hydroxylation sites is 1.